The number of aliphatic hydroxyl groups excluding tert-OH is 1. The Morgan fingerprint density at radius 2 is 1.70 bits per heavy atom. The van der Waals surface area contributed by atoms with Crippen LogP contribution < -0.4 is 5.32 Å². The molecule has 2 aliphatic heterocycles. The molecule has 27 heavy (non-hydrogen) atoms. The molecule has 1 aromatic heterocycles. The van der Waals surface area contributed by atoms with E-state index in [0.717, 1.165) is 11.1 Å². The fraction of sp³-hybridized carbons (Fsp3) is 0.350. The topological polar surface area (TPSA) is 85.8 Å². The van der Waals surface area contributed by atoms with E-state index in [-0.39, 0.29) is 18.0 Å². The summed E-state index contributed by atoms with van der Waals surface area (Å²) in [4.78, 5) is 32.6. The number of aromatic nitrogens is 1. The van der Waals surface area contributed by atoms with Gasteiger partial charge in [0.25, 0.3) is 5.91 Å². The van der Waals surface area contributed by atoms with Gasteiger partial charge in [-0.3, -0.25) is 9.78 Å². The minimum absolute atomic E-state index is 0.0396. The zero-order chi connectivity index (χ0) is 18.8. The number of aliphatic hydroxyl groups is 1. The molecule has 4 rings (SSSR count). The highest BCUT2D eigenvalue weighted by atomic mass is 16.3. The smallest absolute Gasteiger partial charge is 0.322 e. The average molecular weight is 366 g/mol. The number of pyridine rings is 1. The van der Waals surface area contributed by atoms with E-state index in [1.54, 1.807) is 46.5 Å². The van der Waals surface area contributed by atoms with E-state index in [1.165, 1.54) is 0 Å². The Balaban J connectivity index is 1.35. The number of nitrogens with one attached hydrogen (secondary N) is 1. The van der Waals surface area contributed by atoms with Gasteiger partial charge in [0.15, 0.2) is 0 Å². The maximum atomic E-state index is 12.5. The van der Waals surface area contributed by atoms with Gasteiger partial charge in [-0.2, -0.15) is 0 Å². The normalized spacial score (nSPS) is 16.9. The number of carbonyl (C=O) groups is 2. The second-order valence-corrected chi connectivity index (χ2v) is 7.03. The summed E-state index contributed by atoms with van der Waals surface area (Å²) < 4.78 is 0. The van der Waals surface area contributed by atoms with Gasteiger partial charge in [-0.25, -0.2) is 4.79 Å². The van der Waals surface area contributed by atoms with Crippen molar-refractivity contribution in [1.29, 1.82) is 0 Å². The summed E-state index contributed by atoms with van der Waals surface area (Å²) in [5.74, 6) is -0.0396. The molecule has 2 aliphatic rings. The van der Waals surface area contributed by atoms with Crippen molar-refractivity contribution in [2.45, 2.75) is 32.0 Å². The van der Waals surface area contributed by atoms with E-state index in [4.69, 9.17) is 0 Å². The van der Waals surface area contributed by atoms with Crippen LogP contribution in [0, 0.1) is 0 Å². The average Bonchev–Trinajstić information content (AvgIpc) is 3.13. The maximum Gasteiger partial charge on any atom is 0.322 e. The molecule has 1 fully saturated rings. The number of piperidine rings is 1. The molecule has 1 aromatic carbocycles. The number of carbonyl (C=O) groups excluding carboxylic acids is 2. The van der Waals surface area contributed by atoms with Crippen molar-refractivity contribution in [3.63, 3.8) is 0 Å². The molecular formula is C20H22N4O3. The monoisotopic (exact) mass is 366 g/mol. The molecule has 2 N–H and O–H groups in total. The first-order valence-corrected chi connectivity index (χ1v) is 9.15. The minimum atomic E-state index is -0.306. The minimum Gasteiger partial charge on any atom is -0.393 e. The van der Waals surface area contributed by atoms with Gasteiger partial charge < -0.3 is 20.2 Å². The van der Waals surface area contributed by atoms with Crippen LogP contribution in [-0.4, -0.2) is 51.0 Å². The molecule has 3 amide bonds. The third-order valence-electron chi connectivity index (χ3n) is 5.15. The number of hydrogen-bond acceptors (Lipinski definition) is 4. The van der Waals surface area contributed by atoms with Gasteiger partial charge in [-0.05, 0) is 54.3 Å². The lowest BCUT2D eigenvalue weighted by atomic mass is 10.1. The van der Waals surface area contributed by atoms with Gasteiger partial charge in [-0.15, -0.1) is 0 Å². The fourth-order valence-electron chi connectivity index (χ4n) is 3.51. The van der Waals surface area contributed by atoms with Crippen molar-refractivity contribution in [1.82, 2.24) is 14.8 Å². The van der Waals surface area contributed by atoms with Crippen LogP contribution in [0.3, 0.4) is 0 Å². The highest BCUT2D eigenvalue weighted by molar-refractivity contribution is 5.95. The highest BCUT2D eigenvalue weighted by Gasteiger charge is 2.24. The molecule has 7 nitrogen and oxygen atoms in total. The lowest BCUT2D eigenvalue weighted by molar-refractivity contribution is 0.0546. The summed E-state index contributed by atoms with van der Waals surface area (Å²) in [5, 5.41) is 12.4. The number of hydrogen-bond donors (Lipinski definition) is 2. The molecule has 140 valence electrons. The fourth-order valence-corrected chi connectivity index (χ4v) is 3.51. The molecule has 3 heterocycles. The zero-order valence-electron chi connectivity index (χ0n) is 15.0. The van der Waals surface area contributed by atoms with E-state index in [9.17, 15) is 14.7 Å². The Morgan fingerprint density at radius 1 is 1.00 bits per heavy atom. The van der Waals surface area contributed by atoms with Crippen molar-refractivity contribution in [2.75, 3.05) is 18.4 Å². The molecule has 0 unspecified atom stereocenters. The number of anilines is 1. The van der Waals surface area contributed by atoms with Crippen molar-refractivity contribution >= 4 is 17.6 Å². The molecular weight excluding hydrogens is 344 g/mol. The predicted octanol–water partition coefficient (Wildman–Crippen LogP) is 2.23. The number of amides is 3. The highest BCUT2D eigenvalue weighted by Crippen LogP contribution is 2.22. The number of urea groups is 1. The SMILES string of the molecule is O=C(Nc1ccc(C(=O)N2CCC(O)CC2)cc1)N1Cc2ccncc2C1. The van der Waals surface area contributed by atoms with Crippen molar-refractivity contribution in [2.24, 2.45) is 0 Å². The molecule has 0 radical (unpaired) electrons. The van der Waals surface area contributed by atoms with Gasteiger partial charge in [-0.1, -0.05) is 0 Å². The van der Waals surface area contributed by atoms with Crippen molar-refractivity contribution in [3.8, 4) is 0 Å². The van der Waals surface area contributed by atoms with Crippen LogP contribution >= 0.6 is 0 Å². The van der Waals surface area contributed by atoms with Crippen LogP contribution in [0.4, 0.5) is 10.5 Å². The molecule has 7 heteroatoms. The summed E-state index contributed by atoms with van der Waals surface area (Å²) in [6.45, 7) is 2.26. The Hall–Kier alpha value is -2.93. The van der Waals surface area contributed by atoms with Crippen LogP contribution in [0.15, 0.2) is 42.7 Å². The van der Waals surface area contributed by atoms with Crippen molar-refractivity contribution in [3.05, 3.63) is 59.4 Å². The maximum absolute atomic E-state index is 12.5. The molecule has 0 atom stereocenters. The van der Waals surface area contributed by atoms with Crippen LogP contribution in [-0.2, 0) is 13.1 Å². The van der Waals surface area contributed by atoms with E-state index in [0.29, 0.717) is 50.3 Å². The number of fused-ring (bicyclic) bond motifs is 1. The van der Waals surface area contributed by atoms with Gasteiger partial charge in [0, 0.05) is 49.8 Å². The van der Waals surface area contributed by atoms with Gasteiger partial charge in [0.2, 0.25) is 0 Å². The Bertz CT molecular complexity index is 820. The third kappa shape index (κ3) is 3.78. The molecule has 1 saturated heterocycles. The first kappa shape index (κ1) is 17.5. The Morgan fingerprint density at radius 3 is 2.41 bits per heavy atom. The lowest BCUT2D eigenvalue weighted by Gasteiger charge is -2.29. The summed E-state index contributed by atoms with van der Waals surface area (Å²) in [6, 6.07) is 8.71. The molecule has 0 spiro atoms. The van der Waals surface area contributed by atoms with Gasteiger partial charge >= 0.3 is 6.03 Å². The standard InChI is InChI=1S/C20H22N4O3/c25-18-6-9-23(10-7-18)19(26)14-1-3-17(4-2-14)22-20(27)24-12-15-5-8-21-11-16(15)13-24/h1-5,8,11,18,25H,6-7,9-10,12-13H2,(H,22,27). The van der Waals surface area contributed by atoms with E-state index in [2.05, 4.69) is 10.3 Å². The van der Waals surface area contributed by atoms with E-state index in [1.807, 2.05) is 6.07 Å². The second kappa shape index (κ2) is 7.36. The summed E-state index contributed by atoms with van der Waals surface area (Å²) in [6.07, 6.45) is 4.46. The van der Waals surface area contributed by atoms with Crippen molar-refractivity contribution < 1.29 is 14.7 Å². The summed E-state index contributed by atoms with van der Waals surface area (Å²) in [7, 11) is 0. The molecule has 0 saturated carbocycles. The predicted molar refractivity (Wildman–Crippen MR) is 100 cm³/mol. The van der Waals surface area contributed by atoms with Crippen LogP contribution in [0.5, 0.6) is 0 Å². The van der Waals surface area contributed by atoms with Gasteiger partial charge in [0.05, 0.1) is 6.10 Å². The largest absolute Gasteiger partial charge is 0.393 e. The number of likely N-dealkylation sites (tertiary alicyclic amines) is 1. The molecule has 2 aromatic rings. The van der Waals surface area contributed by atoms with Crippen LogP contribution in [0.1, 0.15) is 34.3 Å². The zero-order valence-corrected chi connectivity index (χ0v) is 15.0. The molecule has 0 aliphatic carbocycles. The Labute approximate surface area is 157 Å². The molecule has 0 bridgehead atoms. The van der Waals surface area contributed by atoms with Crippen LogP contribution in [0.2, 0.25) is 0 Å². The van der Waals surface area contributed by atoms with E-state index < -0.39 is 0 Å². The number of rotatable bonds is 2. The van der Waals surface area contributed by atoms with Crippen LogP contribution in [0.25, 0.3) is 0 Å². The lowest BCUT2D eigenvalue weighted by Crippen LogP contribution is -2.40. The third-order valence-corrected chi connectivity index (χ3v) is 5.15. The first-order valence-electron chi connectivity index (χ1n) is 9.15. The first-order chi connectivity index (χ1) is 13.1. The Kier molecular flexibility index (Phi) is 4.77. The van der Waals surface area contributed by atoms with E-state index >= 15 is 0 Å². The second-order valence-electron chi connectivity index (χ2n) is 7.03. The summed E-state index contributed by atoms with van der Waals surface area (Å²) in [5.41, 5.74) is 3.43. The van der Waals surface area contributed by atoms with Gasteiger partial charge in [0.1, 0.15) is 0 Å². The summed E-state index contributed by atoms with van der Waals surface area (Å²) >= 11 is 0. The number of nitrogens with zero attached hydrogens (tertiary/aromatic N) is 3. The quantitative estimate of drug-likeness (QED) is 0.853. The number of benzene rings is 1.